The molecule has 68 valence electrons. The topological polar surface area (TPSA) is 26.0 Å². The van der Waals surface area contributed by atoms with Gasteiger partial charge in [0.25, 0.3) is 0 Å². The molecule has 12 heavy (non-hydrogen) atoms. The molecule has 0 aliphatic heterocycles. The van der Waals surface area contributed by atoms with Gasteiger partial charge < -0.3 is 5.73 Å². The minimum atomic E-state index is 0.709. The van der Waals surface area contributed by atoms with Gasteiger partial charge in [0.2, 0.25) is 0 Å². The molecule has 0 saturated carbocycles. The first kappa shape index (κ1) is 10.2. The van der Waals surface area contributed by atoms with Crippen molar-refractivity contribution in [1.29, 1.82) is 0 Å². The van der Waals surface area contributed by atoms with Crippen molar-refractivity contribution >= 4 is 27.3 Å². The number of halogens is 1. The highest BCUT2D eigenvalue weighted by molar-refractivity contribution is 9.11. The normalized spacial score (nSPS) is 13.2. The first-order chi connectivity index (χ1) is 5.72. The van der Waals surface area contributed by atoms with Crippen LogP contribution in [0.1, 0.15) is 18.2 Å². The van der Waals surface area contributed by atoms with Crippen LogP contribution in [0.2, 0.25) is 0 Å². The third kappa shape index (κ3) is 3.25. The highest BCUT2D eigenvalue weighted by Gasteiger charge is 2.04. The minimum absolute atomic E-state index is 0.709. The predicted molar refractivity (Wildman–Crippen MR) is 58.6 cm³/mol. The van der Waals surface area contributed by atoms with E-state index in [2.05, 4.69) is 35.0 Å². The molecule has 0 aromatic carbocycles. The van der Waals surface area contributed by atoms with E-state index in [0.717, 1.165) is 19.4 Å². The van der Waals surface area contributed by atoms with Crippen LogP contribution in [0.3, 0.4) is 0 Å². The molecular formula is C9H14BrNS. The Kier molecular flexibility index (Phi) is 4.26. The van der Waals surface area contributed by atoms with Crippen molar-refractivity contribution in [2.75, 3.05) is 6.54 Å². The van der Waals surface area contributed by atoms with Crippen LogP contribution >= 0.6 is 27.3 Å². The highest BCUT2D eigenvalue weighted by Crippen LogP contribution is 2.24. The smallest absolute Gasteiger partial charge is 0.0701 e. The van der Waals surface area contributed by atoms with Gasteiger partial charge in [0.15, 0.2) is 0 Å². The maximum absolute atomic E-state index is 5.48. The minimum Gasteiger partial charge on any atom is -0.330 e. The highest BCUT2D eigenvalue weighted by atomic mass is 79.9. The molecule has 1 aromatic heterocycles. The molecule has 1 unspecified atom stereocenters. The molecule has 0 amide bonds. The maximum Gasteiger partial charge on any atom is 0.0701 e. The number of thiophene rings is 1. The lowest BCUT2D eigenvalue weighted by Crippen LogP contribution is -2.07. The average molecular weight is 248 g/mol. The van der Waals surface area contributed by atoms with E-state index < -0.39 is 0 Å². The molecule has 1 aromatic rings. The van der Waals surface area contributed by atoms with E-state index in [-0.39, 0.29) is 0 Å². The van der Waals surface area contributed by atoms with Gasteiger partial charge >= 0.3 is 0 Å². The first-order valence-electron chi connectivity index (χ1n) is 4.16. The molecule has 0 bridgehead atoms. The van der Waals surface area contributed by atoms with Gasteiger partial charge in [-0.2, -0.15) is 0 Å². The largest absolute Gasteiger partial charge is 0.330 e. The number of rotatable bonds is 4. The Bertz CT molecular complexity index is 234. The molecule has 0 aliphatic rings. The van der Waals surface area contributed by atoms with Crippen LogP contribution in [-0.2, 0) is 6.42 Å². The van der Waals surface area contributed by atoms with E-state index >= 15 is 0 Å². The van der Waals surface area contributed by atoms with E-state index in [1.165, 1.54) is 8.66 Å². The average Bonchev–Trinajstić information content (AvgIpc) is 2.36. The third-order valence-electron chi connectivity index (χ3n) is 1.84. The quantitative estimate of drug-likeness (QED) is 0.870. The van der Waals surface area contributed by atoms with E-state index in [1.54, 1.807) is 0 Å². The number of nitrogens with two attached hydrogens (primary N) is 1. The van der Waals surface area contributed by atoms with Crippen LogP contribution in [0.4, 0.5) is 0 Å². The fourth-order valence-corrected chi connectivity index (χ4v) is 2.84. The second kappa shape index (κ2) is 5.00. The van der Waals surface area contributed by atoms with E-state index in [0.29, 0.717) is 5.92 Å². The van der Waals surface area contributed by atoms with Gasteiger partial charge in [0.05, 0.1) is 3.79 Å². The molecule has 1 nitrogen and oxygen atoms in total. The van der Waals surface area contributed by atoms with E-state index in [4.69, 9.17) is 5.73 Å². The van der Waals surface area contributed by atoms with E-state index in [9.17, 15) is 0 Å². The molecule has 1 rings (SSSR count). The summed E-state index contributed by atoms with van der Waals surface area (Å²) in [5, 5.41) is 0. The lowest BCUT2D eigenvalue weighted by Gasteiger charge is -2.06. The summed E-state index contributed by atoms with van der Waals surface area (Å²) in [6, 6.07) is 4.29. The van der Waals surface area contributed by atoms with Gasteiger partial charge in [-0.25, -0.2) is 0 Å². The van der Waals surface area contributed by atoms with Crippen LogP contribution < -0.4 is 5.73 Å². The van der Waals surface area contributed by atoms with Crippen LogP contribution in [0.25, 0.3) is 0 Å². The Balaban J connectivity index is 2.41. The molecule has 1 heterocycles. The summed E-state index contributed by atoms with van der Waals surface area (Å²) >= 11 is 5.27. The molecule has 2 N–H and O–H groups in total. The Morgan fingerprint density at radius 1 is 1.58 bits per heavy atom. The fourth-order valence-electron chi connectivity index (χ4n) is 1.19. The second-order valence-electron chi connectivity index (χ2n) is 3.09. The Labute approximate surface area is 86.1 Å². The van der Waals surface area contributed by atoms with Crippen molar-refractivity contribution in [2.45, 2.75) is 19.8 Å². The number of hydrogen-bond donors (Lipinski definition) is 1. The lowest BCUT2D eigenvalue weighted by molar-refractivity contribution is 0.542. The van der Waals surface area contributed by atoms with Gasteiger partial charge in [-0.1, -0.05) is 6.92 Å². The Morgan fingerprint density at radius 2 is 2.33 bits per heavy atom. The first-order valence-corrected chi connectivity index (χ1v) is 5.77. The van der Waals surface area contributed by atoms with Crippen molar-refractivity contribution in [3.8, 4) is 0 Å². The van der Waals surface area contributed by atoms with E-state index in [1.807, 2.05) is 11.3 Å². The number of hydrogen-bond acceptors (Lipinski definition) is 2. The monoisotopic (exact) mass is 247 g/mol. The zero-order valence-corrected chi connectivity index (χ0v) is 9.62. The van der Waals surface area contributed by atoms with Gasteiger partial charge in [-0.15, -0.1) is 11.3 Å². The van der Waals surface area contributed by atoms with Crippen LogP contribution in [0.5, 0.6) is 0 Å². The van der Waals surface area contributed by atoms with Crippen LogP contribution in [0.15, 0.2) is 15.9 Å². The second-order valence-corrected chi connectivity index (χ2v) is 5.64. The summed E-state index contributed by atoms with van der Waals surface area (Å²) in [4.78, 5) is 1.45. The molecule has 0 aliphatic carbocycles. The van der Waals surface area contributed by atoms with Crippen molar-refractivity contribution in [2.24, 2.45) is 11.7 Å². The van der Waals surface area contributed by atoms with Gasteiger partial charge in [-0.3, -0.25) is 0 Å². The summed E-state index contributed by atoms with van der Waals surface area (Å²) in [7, 11) is 0. The summed E-state index contributed by atoms with van der Waals surface area (Å²) in [6.45, 7) is 3.05. The molecule has 0 radical (unpaired) electrons. The summed E-state index contributed by atoms with van der Waals surface area (Å²) in [5.41, 5.74) is 5.48. The van der Waals surface area contributed by atoms with Gasteiger partial charge in [0, 0.05) is 4.88 Å². The third-order valence-corrected chi connectivity index (χ3v) is 3.48. The summed E-state index contributed by atoms with van der Waals surface area (Å²) in [6.07, 6.45) is 2.28. The van der Waals surface area contributed by atoms with Crippen molar-refractivity contribution < 1.29 is 0 Å². The zero-order chi connectivity index (χ0) is 8.97. The SMILES string of the molecule is CC(CCN)Cc1ccc(Br)s1. The lowest BCUT2D eigenvalue weighted by atomic mass is 10.0. The van der Waals surface area contributed by atoms with Gasteiger partial charge in [0.1, 0.15) is 0 Å². The molecule has 0 saturated heterocycles. The maximum atomic E-state index is 5.48. The summed E-state index contributed by atoms with van der Waals surface area (Å²) < 4.78 is 1.22. The molecule has 1 atom stereocenters. The molecule has 3 heteroatoms. The molecule has 0 fully saturated rings. The Morgan fingerprint density at radius 3 is 2.83 bits per heavy atom. The van der Waals surface area contributed by atoms with Crippen molar-refractivity contribution in [3.63, 3.8) is 0 Å². The van der Waals surface area contributed by atoms with Crippen LogP contribution in [0, 0.1) is 5.92 Å². The van der Waals surface area contributed by atoms with Crippen LogP contribution in [-0.4, -0.2) is 6.54 Å². The fraction of sp³-hybridized carbons (Fsp3) is 0.556. The predicted octanol–water partition coefficient (Wildman–Crippen LogP) is 3.04. The zero-order valence-electron chi connectivity index (χ0n) is 7.22. The Hall–Kier alpha value is 0.140. The van der Waals surface area contributed by atoms with Crippen molar-refractivity contribution in [3.05, 3.63) is 20.8 Å². The van der Waals surface area contributed by atoms with Crippen molar-refractivity contribution in [1.82, 2.24) is 0 Å². The summed E-state index contributed by atoms with van der Waals surface area (Å²) in [5.74, 6) is 0.709. The standard InChI is InChI=1S/C9H14BrNS/c1-7(4-5-11)6-8-2-3-9(10)12-8/h2-3,7H,4-6,11H2,1H3. The van der Waals surface area contributed by atoms with Gasteiger partial charge in [-0.05, 0) is 53.4 Å². The molecule has 0 spiro atoms. The molecular weight excluding hydrogens is 234 g/mol.